The van der Waals surface area contributed by atoms with Crippen molar-refractivity contribution in [3.8, 4) is 0 Å². The molecule has 0 spiro atoms. The second kappa shape index (κ2) is 7.10. The predicted octanol–water partition coefficient (Wildman–Crippen LogP) is 1.88. The van der Waals surface area contributed by atoms with Crippen LogP contribution in [0.3, 0.4) is 0 Å². The van der Waals surface area contributed by atoms with E-state index in [1.165, 1.54) is 0 Å². The molecule has 0 saturated carbocycles. The monoisotopic (exact) mass is 184 g/mol. The first-order valence-electron chi connectivity index (χ1n) is 5.16. The fourth-order valence-corrected chi connectivity index (χ4v) is 1.22. The lowest BCUT2D eigenvalue weighted by atomic mass is 10.3. The summed E-state index contributed by atoms with van der Waals surface area (Å²) in [5.41, 5.74) is 0. The summed E-state index contributed by atoms with van der Waals surface area (Å²) < 4.78 is 0. The molecule has 2 heteroatoms. The van der Waals surface area contributed by atoms with Crippen molar-refractivity contribution in [2.75, 3.05) is 19.6 Å². The first-order valence-corrected chi connectivity index (χ1v) is 5.16. The molecule has 13 heavy (non-hydrogen) atoms. The van der Waals surface area contributed by atoms with Gasteiger partial charge in [-0.15, -0.1) is 6.58 Å². The summed E-state index contributed by atoms with van der Waals surface area (Å²) in [5.74, 6) is 0. The third-order valence-electron chi connectivity index (χ3n) is 2.05. The Morgan fingerprint density at radius 1 is 1.31 bits per heavy atom. The number of hydrogen-bond acceptors (Lipinski definition) is 2. The van der Waals surface area contributed by atoms with E-state index in [1.807, 2.05) is 6.08 Å². The maximum atomic E-state index is 3.76. The van der Waals surface area contributed by atoms with Crippen LogP contribution in [0.25, 0.3) is 0 Å². The Balaban J connectivity index is 3.62. The summed E-state index contributed by atoms with van der Waals surface area (Å²) in [7, 11) is 0. The van der Waals surface area contributed by atoms with Gasteiger partial charge in [-0.25, -0.2) is 0 Å². The van der Waals surface area contributed by atoms with Gasteiger partial charge in [-0.3, -0.25) is 4.90 Å². The molecule has 0 heterocycles. The smallest absolute Gasteiger partial charge is 0.0163 e. The van der Waals surface area contributed by atoms with E-state index < -0.39 is 0 Å². The molecular weight excluding hydrogens is 160 g/mol. The Hall–Kier alpha value is -0.340. The number of rotatable bonds is 7. The topological polar surface area (TPSA) is 15.3 Å². The molecule has 2 nitrogen and oxygen atoms in total. The van der Waals surface area contributed by atoms with Gasteiger partial charge in [0.05, 0.1) is 0 Å². The predicted molar refractivity (Wildman–Crippen MR) is 60.0 cm³/mol. The SMILES string of the molecule is C=CCN(CCNC(C)C)C(C)C. The molecule has 0 atom stereocenters. The summed E-state index contributed by atoms with van der Waals surface area (Å²) in [4.78, 5) is 2.41. The van der Waals surface area contributed by atoms with Gasteiger partial charge in [-0.05, 0) is 13.8 Å². The zero-order valence-corrected chi connectivity index (χ0v) is 9.51. The Kier molecular flexibility index (Phi) is 6.92. The van der Waals surface area contributed by atoms with E-state index in [2.05, 4.69) is 44.5 Å². The van der Waals surface area contributed by atoms with Crippen molar-refractivity contribution in [1.82, 2.24) is 10.2 Å². The van der Waals surface area contributed by atoms with Crippen molar-refractivity contribution in [1.29, 1.82) is 0 Å². The number of hydrogen-bond donors (Lipinski definition) is 1. The van der Waals surface area contributed by atoms with Gasteiger partial charge in [0.2, 0.25) is 0 Å². The molecule has 0 aliphatic carbocycles. The Bertz CT molecular complexity index is 130. The maximum absolute atomic E-state index is 3.76. The van der Waals surface area contributed by atoms with E-state index in [-0.39, 0.29) is 0 Å². The van der Waals surface area contributed by atoms with Crippen LogP contribution in [-0.2, 0) is 0 Å². The molecule has 0 aromatic carbocycles. The minimum absolute atomic E-state index is 0.581. The van der Waals surface area contributed by atoms with Crippen molar-refractivity contribution in [3.05, 3.63) is 12.7 Å². The van der Waals surface area contributed by atoms with E-state index in [1.54, 1.807) is 0 Å². The number of nitrogens with one attached hydrogen (secondary N) is 1. The highest BCUT2D eigenvalue weighted by Gasteiger charge is 2.06. The Labute approximate surface area is 83.0 Å². The molecule has 0 rings (SSSR count). The van der Waals surface area contributed by atoms with Crippen molar-refractivity contribution < 1.29 is 0 Å². The van der Waals surface area contributed by atoms with Gasteiger partial charge in [-0.2, -0.15) is 0 Å². The van der Waals surface area contributed by atoms with Crippen LogP contribution in [0.15, 0.2) is 12.7 Å². The molecule has 0 aliphatic rings. The fourth-order valence-electron chi connectivity index (χ4n) is 1.22. The van der Waals surface area contributed by atoms with E-state index in [9.17, 15) is 0 Å². The molecule has 78 valence electrons. The van der Waals surface area contributed by atoms with Gasteiger partial charge in [0.15, 0.2) is 0 Å². The summed E-state index contributed by atoms with van der Waals surface area (Å²) in [6.07, 6.45) is 1.97. The van der Waals surface area contributed by atoms with Gasteiger partial charge in [0.25, 0.3) is 0 Å². The van der Waals surface area contributed by atoms with Crippen LogP contribution in [0.4, 0.5) is 0 Å². The molecule has 0 aliphatic heterocycles. The first kappa shape index (κ1) is 12.7. The van der Waals surface area contributed by atoms with E-state index in [4.69, 9.17) is 0 Å². The van der Waals surface area contributed by atoms with Gasteiger partial charge in [0.1, 0.15) is 0 Å². The largest absolute Gasteiger partial charge is 0.313 e. The average molecular weight is 184 g/mol. The molecule has 0 unspecified atom stereocenters. The summed E-state index contributed by atoms with van der Waals surface area (Å²) in [6, 6.07) is 1.18. The molecule has 0 saturated heterocycles. The number of nitrogens with zero attached hydrogens (tertiary/aromatic N) is 1. The second-order valence-corrected chi connectivity index (χ2v) is 3.99. The minimum Gasteiger partial charge on any atom is -0.313 e. The Morgan fingerprint density at radius 3 is 2.31 bits per heavy atom. The molecular formula is C11H24N2. The molecule has 0 fully saturated rings. The van der Waals surface area contributed by atoms with Crippen molar-refractivity contribution in [3.63, 3.8) is 0 Å². The standard InChI is InChI=1S/C11H24N2/c1-6-8-13(11(4)5)9-7-12-10(2)3/h6,10-12H,1,7-9H2,2-5H3. The highest BCUT2D eigenvalue weighted by Crippen LogP contribution is 1.96. The lowest BCUT2D eigenvalue weighted by molar-refractivity contribution is 0.244. The molecule has 1 N–H and O–H groups in total. The molecule has 0 aromatic rings. The zero-order valence-electron chi connectivity index (χ0n) is 9.51. The highest BCUT2D eigenvalue weighted by atomic mass is 15.2. The molecule has 0 aromatic heterocycles. The summed E-state index contributed by atoms with van der Waals surface area (Å²) in [6.45, 7) is 15.7. The van der Waals surface area contributed by atoms with Crippen molar-refractivity contribution in [2.45, 2.75) is 39.8 Å². The van der Waals surface area contributed by atoms with Crippen LogP contribution >= 0.6 is 0 Å². The molecule has 0 bridgehead atoms. The first-order chi connectivity index (χ1) is 6.07. The van der Waals surface area contributed by atoms with Gasteiger partial charge in [-0.1, -0.05) is 19.9 Å². The Morgan fingerprint density at radius 2 is 1.92 bits per heavy atom. The third kappa shape index (κ3) is 6.79. The van der Waals surface area contributed by atoms with Crippen LogP contribution in [0, 0.1) is 0 Å². The van der Waals surface area contributed by atoms with Gasteiger partial charge < -0.3 is 5.32 Å². The van der Waals surface area contributed by atoms with Gasteiger partial charge in [0, 0.05) is 31.7 Å². The van der Waals surface area contributed by atoms with E-state index in [0.717, 1.165) is 19.6 Å². The fraction of sp³-hybridized carbons (Fsp3) is 0.818. The van der Waals surface area contributed by atoms with Crippen molar-refractivity contribution in [2.24, 2.45) is 0 Å². The summed E-state index contributed by atoms with van der Waals surface area (Å²) in [5, 5.41) is 3.41. The lowest BCUT2D eigenvalue weighted by Crippen LogP contribution is -2.38. The molecule has 0 radical (unpaired) electrons. The van der Waals surface area contributed by atoms with E-state index >= 15 is 0 Å². The third-order valence-corrected chi connectivity index (χ3v) is 2.05. The minimum atomic E-state index is 0.581. The van der Waals surface area contributed by atoms with Crippen LogP contribution in [0.1, 0.15) is 27.7 Å². The molecule has 0 amide bonds. The van der Waals surface area contributed by atoms with Crippen LogP contribution in [0.2, 0.25) is 0 Å². The van der Waals surface area contributed by atoms with Crippen LogP contribution in [0.5, 0.6) is 0 Å². The summed E-state index contributed by atoms with van der Waals surface area (Å²) >= 11 is 0. The lowest BCUT2D eigenvalue weighted by Gasteiger charge is -2.25. The zero-order chi connectivity index (χ0) is 10.3. The maximum Gasteiger partial charge on any atom is 0.0163 e. The van der Waals surface area contributed by atoms with Gasteiger partial charge >= 0.3 is 0 Å². The van der Waals surface area contributed by atoms with Crippen LogP contribution in [-0.4, -0.2) is 36.6 Å². The van der Waals surface area contributed by atoms with E-state index in [0.29, 0.717) is 12.1 Å². The quantitative estimate of drug-likeness (QED) is 0.608. The van der Waals surface area contributed by atoms with Crippen LogP contribution < -0.4 is 5.32 Å². The highest BCUT2D eigenvalue weighted by molar-refractivity contribution is 4.76. The average Bonchev–Trinajstić information content (AvgIpc) is 2.02. The normalized spacial score (nSPS) is 11.6. The van der Waals surface area contributed by atoms with Crippen molar-refractivity contribution >= 4 is 0 Å². The second-order valence-electron chi connectivity index (χ2n) is 3.99.